The molecule has 0 N–H and O–H groups in total. The van der Waals surface area contributed by atoms with Crippen molar-refractivity contribution in [3.05, 3.63) is 58.8 Å². The zero-order chi connectivity index (χ0) is 14.9. The van der Waals surface area contributed by atoms with Gasteiger partial charge in [-0.05, 0) is 18.2 Å². The Morgan fingerprint density at radius 3 is 2.30 bits per heavy atom. The Labute approximate surface area is 123 Å². The maximum atomic E-state index is 12.5. The van der Waals surface area contributed by atoms with Gasteiger partial charge < -0.3 is 0 Å². The molecule has 2 rings (SSSR count). The molecule has 0 radical (unpaired) electrons. The van der Waals surface area contributed by atoms with Crippen molar-refractivity contribution in [2.45, 2.75) is 6.18 Å². The second kappa shape index (κ2) is 5.46. The summed E-state index contributed by atoms with van der Waals surface area (Å²) in [4.78, 5) is 3.77. The first-order valence-corrected chi connectivity index (χ1v) is 6.22. The Morgan fingerprint density at radius 2 is 1.80 bits per heavy atom. The van der Waals surface area contributed by atoms with E-state index in [0.29, 0.717) is 21.2 Å². The van der Waals surface area contributed by atoms with Crippen molar-refractivity contribution in [1.29, 1.82) is 0 Å². The first-order chi connectivity index (χ1) is 9.29. The van der Waals surface area contributed by atoms with Crippen LogP contribution in [0, 0.1) is 0 Å². The predicted octanol–water partition coefficient (Wildman–Crippen LogP) is 5.63. The molecule has 1 heterocycles. The van der Waals surface area contributed by atoms with E-state index in [2.05, 4.69) is 11.6 Å². The second-order valence-electron chi connectivity index (χ2n) is 4.03. The molecule has 1 aromatic carbocycles. The van der Waals surface area contributed by atoms with Crippen LogP contribution < -0.4 is 0 Å². The van der Waals surface area contributed by atoms with Crippen LogP contribution in [0.25, 0.3) is 16.7 Å². The molecule has 0 fully saturated rings. The molecule has 0 atom stereocenters. The highest BCUT2D eigenvalue weighted by Gasteiger charge is 2.33. The van der Waals surface area contributed by atoms with E-state index < -0.39 is 11.7 Å². The lowest BCUT2D eigenvalue weighted by Crippen LogP contribution is -2.10. The van der Waals surface area contributed by atoms with E-state index in [-0.39, 0.29) is 5.69 Å². The molecule has 1 aromatic heterocycles. The highest BCUT2D eigenvalue weighted by molar-refractivity contribution is 6.36. The first kappa shape index (κ1) is 14.9. The van der Waals surface area contributed by atoms with E-state index in [0.717, 1.165) is 0 Å². The van der Waals surface area contributed by atoms with Crippen LogP contribution >= 0.6 is 23.2 Å². The van der Waals surface area contributed by atoms with Crippen LogP contribution in [0.1, 0.15) is 5.69 Å². The van der Waals surface area contributed by atoms with Crippen molar-refractivity contribution in [3.8, 4) is 11.1 Å². The fraction of sp³-hybridized carbons (Fsp3) is 0.0714. The summed E-state index contributed by atoms with van der Waals surface area (Å²) in [6, 6.07) is 7.65. The summed E-state index contributed by atoms with van der Waals surface area (Å²) in [5.41, 5.74) is 0.0516. The fourth-order valence-corrected chi connectivity index (χ4v) is 2.12. The lowest BCUT2D eigenvalue weighted by Gasteiger charge is -2.10. The van der Waals surface area contributed by atoms with Gasteiger partial charge in [-0.2, -0.15) is 13.2 Å². The smallest absolute Gasteiger partial charge is 0.256 e. The van der Waals surface area contributed by atoms with Crippen molar-refractivity contribution in [1.82, 2.24) is 4.98 Å². The van der Waals surface area contributed by atoms with E-state index in [1.54, 1.807) is 18.2 Å². The Balaban J connectivity index is 2.35. The summed E-state index contributed by atoms with van der Waals surface area (Å²) >= 11 is 11.8. The van der Waals surface area contributed by atoms with Crippen LogP contribution in [0.5, 0.6) is 0 Å². The van der Waals surface area contributed by atoms with E-state index in [9.17, 15) is 13.2 Å². The number of hydrogen-bond donors (Lipinski definition) is 0. The van der Waals surface area contributed by atoms with E-state index in [1.165, 1.54) is 18.3 Å². The zero-order valence-electron chi connectivity index (χ0n) is 10.0. The topological polar surface area (TPSA) is 12.9 Å². The Morgan fingerprint density at radius 1 is 1.10 bits per heavy atom. The maximum Gasteiger partial charge on any atom is 0.417 e. The number of rotatable bonds is 2. The Bertz CT molecular complexity index is 648. The Hall–Kier alpha value is -1.52. The lowest BCUT2D eigenvalue weighted by molar-refractivity contribution is -0.0688. The third-order valence-corrected chi connectivity index (χ3v) is 3.20. The third-order valence-electron chi connectivity index (χ3n) is 2.66. The van der Waals surface area contributed by atoms with Crippen molar-refractivity contribution in [2.24, 2.45) is 0 Å². The minimum Gasteiger partial charge on any atom is -0.256 e. The van der Waals surface area contributed by atoms with Gasteiger partial charge in [0.2, 0.25) is 0 Å². The maximum absolute atomic E-state index is 12.5. The molecule has 0 saturated carbocycles. The molecule has 0 aliphatic carbocycles. The van der Waals surface area contributed by atoms with Crippen LogP contribution in [0.3, 0.4) is 0 Å². The number of pyridine rings is 1. The molecule has 0 saturated heterocycles. The predicted molar refractivity (Wildman–Crippen MR) is 74.8 cm³/mol. The molecular weight excluding hydrogens is 310 g/mol. The summed E-state index contributed by atoms with van der Waals surface area (Å²) in [5, 5.41) is 0.885. The average Bonchev–Trinajstić information content (AvgIpc) is 2.37. The number of aromatic nitrogens is 1. The molecule has 0 amide bonds. The number of nitrogens with zero attached hydrogens (tertiary/aromatic N) is 1. The lowest BCUT2D eigenvalue weighted by atomic mass is 10.1. The van der Waals surface area contributed by atoms with Crippen molar-refractivity contribution >= 4 is 28.8 Å². The van der Waals surface area contributed by atoms with E-state index >= 15 is 0 Å². The van der Waals surface area contributed by atoms with Crippen LogP contribution in [0.2, 0.25) is 10.0 Å². The van der Waals surface area contributed by atoms with Crippen LogP contribution in [-0.2, 0) is 0 Å². The molecule has 0 aliphatic heterocycles. The van der Waals surface area contributed by atoms with Gasteiger partial charge in [-0.1, -0.05) is 41.9 Å². The van der Waals surface area contributed by atoms with Gasteiger partial charge in [-0.15, -0.1) is 0 Å². The van der Waals surface area contributed by atoms with Gasteiger partial charge in [0.05, 0.1) is 11.3 Å². The van der Waals surface area contributed by atoms with Gasteiger partial charge in [-0.3, -0.25) is 4.98 Å². The molecule has 104 valence electrons. The summed E-state index contributed by atoms with van der Waals surface area (Å²) in [7, 11) is 0. The van der Waals surface area contributed by atoms with Crippen molar-refractivity contribution < 1.29 is 13.2 Å². The minimum atomic E-state index is -4.49. The van der Waals surface area contributed by atoms with Crippen molar-refractivity contribution in [3.63, 3.8) is 0 Å². The van der Waals surface area contributed by atoms with Gasteiger partial charge in [-0.25, -0.2) is 0 Å². The Kier molecular flexibility index (Phi) is 4.06. The summed E-state index contributed by atoms with van der Waals surface area (Å²) < 4.78 is 37.5. The molecule has 1 nitrogen and oxygen atoms in total. The van der Waals surface area contributed by atoms with Crippen LogP contribution in [0.4, 0.5) is 13.2 Å². The highest BCUT2D eigenvalue weighted by Crippen LogP contribution is 2.33. The van der Waals surface area contributed by atoms with Gasteiger partial charge in [0.15, 0.2) is 0 Å². The number of alkyl halides is 3. The third kappa shape index (κ3) is 3.14. The van der Waals surface area contributed by atoms with Crippen LogP contribution in [0.15, 0.2) is 43.1 Å². The van der Waals surface area contributed by atoms with Crippen LogP contribution in [-0.4, -0.2) is 11.2 Å². The molecule has 20 heavy (non-hydrogen) atoms. The van der Waals surface area contributed by atoms with Gasteiger partial charge >= 0.3 is 6.18 Å². The fourth-order valence-electron chi connectivity index (χ4n) is 1.60. The molecule has 0 spiro atoms. The first-order valence-electron chi connectivity index (χ1n) is 5.47. The van der Waals surface area contributed by atoms with Gasteiger partial charge in [0.25, 0.3) is 0 Å². The highest BCUT2D eigenvalue weighted by atomic mass is 35.5. The average molecular weight is 318 g/mol. The summed E-state index contributed by atoms with van der Waals surface area (Å²) in [6.45, 7) is 3.00. The summed E-state index contributed by atoms with van der Waals surface area (Å²) in [6.07, 6.45) is -3.17. The largest absolute Gasteiger partial charge is 0.417 e. The molecule has 2 aromatic rings. The molecule has 0 bridgehead atoms. The molecule has 6 heteroatoms. The number of allylic oxidation sites excluding steroid dienone is 1. The standard InChI is InChI=1S/C14H8Cl2F3N/c1-8(14(17,18)19)13-5-2-9(7-20-13)11-4-3-10(15)6-12(11)16/h2-7H,1H2. The second-order valence-corrected chi connectivity index (χ2v) is 4.88. The summed E-state index contributed by atoms with van der Waals surface area (Å²) in [5.74, 6) is 0. The van der Waals surface area contributed by atoms with Crippen molar-refractivity contribution in [2.75, 3.05) is 0 Å². The van der Waals surface area contributed by atoms with Gasteiger partial charge in [0, 0.05) is 27.4 Å². The quantitative estimate of drug-likeness (QED) is 0.699. The molecule has 0 unspecified atom stereocenters. The molecule has 0 aliphatic rings. The molecular formula is C14H8Cl2F3N. The number of hydrogen-bond acceptors (Lipinski definition) is 1. The normalized spacial score (nSPS) is 11.4. The SMILES string of the molecule is C=C(c1ccc(-c2ccc(Cl)cc2Cl)cn1)C(F)(F)F. The number of benzene rings is 1. The van der Waals surface area contributed by atoms with E-state index in [4.69, 9.17) is 23.2 Å². The minimum absolute atomic E-state index is 0.216. The van der Waals surface area contributed by atoms with E-state index in [1.807, 2.05) is 0 Å². The monoisotopic (exact) mass is 317 g/mol. The zero-order valence-corrected chi connectivity index (χ0v) is 11.5. The van der Waals surface area contributed by atoms with Gasteiger partial charge in [0.1, 0.15) is 0 Å². The number of halogens is 5.